The summed E-state index contributed by atoms with van der Waals surface area (Å²) in [7, 11) is 0. The summed E-state index contributed by atoms with van der Waals surface area (Å²) in [6.07, 6.45) is 5.19. The summed E-state index contributed by atoms with van der Waals surface area (Å²) in [6, 6.07) is 13.9. The van der Waals surface area contributed by atoms with Gasteiger partial charge in [-0.3, -0.25) is 4.79 Å². The zero-order chi connectivity index (χ0) is 17.9. The Hall–Kier alpha value is -2.95. The van der Waals surface area contributed by atoms with Crippen LogP contribution < -0.4 is 10.4 Å². The predicted molar refractivity (Wildman–Crippen MR) is 97.9 cm³/mol. The van der Waals surface area contributed by atoms with Gasteiger partial charge in [-0.2, -0.15) is 0 Å². The molecular weight excluding hydrogens is 330 g/mol. The summed E-state index contributed by atoms with van der Waals surface area (Å²) in [5.74, 6) is 0.586. The molecule has 0 aliphatic heterocycles. The van der Waals surface area contributed by atoms with Gasteiger partial charge in [0.25, 0.3) is 0 Å². The normalized spacial score (nSPS) is 15.1. The Kier molecular flexibility index (Phi) is 4.52. The first kappa shape index (κ1) is 16.5. The molecule has 1 aliphatic carbocycles. The summed E-state index contributed by atoms with van der Waals surface area (Å²) < 4.78 is 10.8. The van der Waals surface area contributed by atoms with Gasteiger partial charge < -0.3 is 9.15 Å². The van der Waals surface area contributed by atoms with Crippen LogP contribution in [-0.4, -0.2) is 11.0 Å². The number of carbonyl (C=O) groups excluding carboxylic acids is 1. The molecule has 0 bridgehead atoms. The van der Waals surface area contributed by atoms with Crippen molar-refractivity contribution < 1.29 is 13.9 Å². The molecule has 1 aliphatic rings. The van der Waals surface area contributed by atoms with Crippen molar-refractivity contribution in [2.24, 2.45) is 5.92 Å². The second kappa shape index (κ2) is 7.12. The quantitative estimate of drug-likeness (QED) is 0.520. The molecule has 1 fully saturated rings. The third-order valence-corrected chi connectivity index (χ3v) is 4.79. The molecule has 0 radical (unpaired) electrons. The second-order valence-electron chi connectivity index (χ2n) is 6.60. The lowest BCUT2D eigenvalue weighted by Crippen LogP contribution is -2.22. The van der Waals surface area contributed by atoms with E-state index in [4.69, 9.17) is 9.15 Å². The Morgan fingerprint density at radius 3 is 2.50 bits per heavy atom. The van der Waals surface area contributed by atoms with Crippen LogP contribution in [0.2, 0.25) is 0 Å². The molecule has 5 heteroatoms. The number of para-hydroxylation sites is 1. The Labute approximate surface area is 150 Å². The minimum atomic E-state index is -0.418. The van der Waals surface area contributed by atoms with Gasteiger partial charge in [0.1, 0.15) is 5.75 Å². The van der Waals surface area contributed by atoms with Crippen LogP contribution in [0, 0.1) is 5.92 Å². The van der Waals surface area contributed by atoms with E-state index >= 15 is 0 Å². The lowest BCUT2D eigenvalue weighted by atomic mass is 9.89. The van der Waals surface area contributed by atoms with Gasteiger partial charge in [-0.1, -0.05) is 31.4 Å². The van der Waals surface area contributed by atoms with Crippen LogP contribution in [0.15, 0.2) is 57.7 Å². The number of fused-ring (bicyclic) bond motifs is 1. The molecule has 0 atom stereocenters. The molecule has 2 aromatic carbocycles. The molecule has 132 valence electrons. The number of benzene rings is 2. The number of ether oxygens (including phenoxy) is 1. The van der Waals surface area contributed by atoms with Crippen LogP contribution in [0.1, 0.15) is 32.1 Å². The van der Waals surface area contributed by atoms with E-state index in [-0.39, 0.29) is 17.8 Å². The van der Waals surface area contributed by atoms with Crippen molar-refractivity contribution in [2.45, 2.75) is 32.1 Å². The molecule has 0 spiro atoms. The molecule has 0 saturated heterocycles. The van der Waals surface area contributed by atoms with Crippen LogP contribution in [0.4, 0.5) is 0 Å². The molecule has 5 nitrogen and oxygen atoms in total. The maximum atomic E-state index is 12.2. The average molecular weight is 349 g/mol. The Morgan fingerprint density at radius 1 is 1.00 bits per heavy atom. The SMILES string of the molecule is O=C(Oc1ccc(-c2nc3ccccc3c(=O)o2)cc1)C1CCCCC1. The van der Waals surface area contributed by atoms with E-state index in [2.05, 4.69) is 4.98 Å². The lowest BCUT2D eigenvalue weighted by Gasteiger charge is -2.19. The summed E-state index contributed by atoms with van der Waals surface area (Å²) in [5, 5.41) is 0.453. The van der Waals surface area contributed by atoms with Crippen molar-refractivity contribution in [1.82, 2.24) is 4.98 Å². The van der Waals surface area contributed by atoms with Gasteiger partial charge in [-0.05, 0) is 49.2 Å². The van der Waals surface area contributed by atoms with E-state index in [0.29, 0.717) is 22.2 Å². The zero-order valence-corrected chi connectivity index (χ0v) is 14.3. The third kappa shape index (κ3) is 3.38. The fourth-order valence-electron chi connectivity index (χ4n) is 3.35. The highest BCUT2D eigenvalue weighted by molar-refractivity contribution is 5.78. The van der Waals surface area contributed by atoms with Crippen molar-refractivity contribution in [3.05, 3.63) is 59.0 Å². The molecule has 1 saturated carbocycles. The number of hydrogen-bond donors (Lipinski definition) is 0. The van der Waals surface area contributed by atoms with E-state index in [1.165, 1.54) is 6.42 Å². The van der Waals surface area contributed by atoms with Crippen molar-refractivity contribution in [3.8, 4) is 17.2 Å². The number of aromatic nitrogens is 1. The van der Waals surface area contributed by atoms with E-state index in [1.807, 2.05) is 6.07 Å². The fraction of sp³-hybridized carbons (Fsp3) is 0.286. The minimum absolute atomic E-state index is 0.00334. The molecule has 0 N–H and O–H groups in total. The van der Waals surface area contributed by atoms with E-state index < -0.39 is 5.63 Å². The minimum Gasteiger partial charge on any atom is -0.426 e. The van der Waals surface area contributed by atoms with E-state index in [9.17, 15) is 9.59 Å². The first-order valence-corrected chi connectivity index (χ1v) is 8.93. The molecule has 0 amide bonds. The van der Waals surface area contributed by atoms with Crippen LogP contribution in [-0.2, 0) is 4.79 Å². The zero-order valence-electron chi connectivity index (χ0n) is 14.3. The Balaban J connectivity index is 1.54. The van der Waals surface area contributed by atoms with Crippen molar-refractivity contribution in [2.75, 3.05) is 0 Å². The molecule has 1 aromatic heterocycles. The maximum absolute atomic E-state index is 12.2. The topological polar surface area (TPSA) is 69.4 Å². The van der Waals surface area contributed by atoms with Gasteiger partial charge in [-0.25, -0.2) is 9.78 Å². The molecule has 0 unspecified atom stereocenters. The smallest absolute Gasteiger partial charge is 0.347 e. The van der Waals surface area contributed by atoms with Gasteiger partial charge >= 0.3 is 11.6 Å². The van der Waals surface area contributed by atoms with E-state index in [1.54, 1.807) is 42.5 Å². The van der Waals surface area contributed by atoms with Crippen molar-refractivity contribution in [3.63, 3.8) is 0 Å². The Morgan fingerprint density at radius 2 is 1.73 bits per heavy atom. The van der Waals surface area contributed by atoms with Gasteiger partial charge in [0, 0.05) is 5.56 Å². The van der Waals surface area contributed by atoms with Gasteiger partial charge in [-0.15, -0.1) is 0 Å². The number of carbonyl (C=O) groups is 1. The number of nitrogens with zero attached hydrogens (tertiary/aromatic N) is 1. The number of esters is 1. The van der Waals surface area contributed by atoms with Gasteiger partial charge in [0.2, 0.25) is 5.89 Å². The fourth-order valence-corrected chi connectivity index (χ4v) is 3.35. The summed E-state index contributed by atoms with van der Waals surface area (Å²) in [5.41, 5.74) is 0.829. The van der Waals surface area contributed by atoms with Crippen LogP contribution in [0.5, 0.6) is 5.75 Å². The van der Waals surface area contributed by atoms with Crippen molar-refractivity contribution >= 4 is 16.9 Å². The molecular formula is C21H19NO4. The standard InChI is InChI=1S/C21H19NO4/c23-20(15-6-2-1-3-7-15)25-16-12-10-14(11-13-16)19-22-18-9-5-4-8-17(18)21(24)26-19/h4-5,8-13,15H,1-3,6-7H2. The Bertz CT molecular complexity index is 985. The lowest BCUT2D eigenvalue weighted by molar-refractivity contribution is -0.139. The molecule has 26 heavy (non-hydrogen) atoms. The average Bonchev–Trinajstić information content (AvgIpc) is 2.69. The highest BCUT2D eigenvalue weighted by atomic mass is 16.5. The highest BCUT2D eigenvalue weighted by Crippen LogP contribution is 2.27. The van der Waals surface area contributed by atoms with Crippen LogP contribution in [0.25, 0.3) is 22.4 Å². The first-order valence-electron chi connectivity index (χ1n) is 8.93. The van der Waals surface area contributed by atoms with Gasteiger partial charge in [0.05, 0.1) is 16.8 Å². The molecule has 4 rings (SSSR count). The number of rotatable bonds is 3. The maximum Gasteiger partial charge on any atom is 0.347 e. The largest absolute Gasteiger partial charge is 0.426 e. The first-order chi connectivity index (χ1) is 12.7. The number of hydrogen-bond acceptors (Lipinski definition) is 5. The molecule has 1 heterocycles. The third-order valence-electron chi connectivity index (χ3n) is 4.79. The summed E-state index contributed by atoms with van der Waals surface area (Å²) in [6.45, 7) is 0. The second-order valence-corrected chi connectivity index (χ2v) is 6.60. The van der Waals surface area contributed by atoms with Crippen molar-refractivity contribution in [1.29, 1.82) is 0 Å². The molecule has 3 aromatic rings. The summed E-state index contributed by atoms with van der Waals surface area (Å²) >= 11 is 0. The predicted octanol–water partition coefficient (Wildman–Crippen LogP) is 4.34. The monoisotopic (exact) mass is 349 g/mol. The van der Waals surface area contributed by atoms with Crippen LogP contribution in [0.3, 0.4) is 0 Å². The highest BCUT2D eigenvalue weighted by Gasteiger charge is 2.23. The van der Waals surface area contributed by atoms with Crippen LogP contribution >= 0.6 is 0 Å². The van der Waals surface area contributed by atoms with Gasteiger partial charge in [0.15, 0.2) is 0 Å². The summed E-state index contributed by atoms with van der Waals surface area (Å²) in [4.78, 5) is 28.7. The van der Waals surface area contributed by atoms with E-state index in [0.717, 1.165) is 25.7 Å².